The number of hydrogen-bond acceptors (Lipinski definition) is 5. The quantitative estimate of drug-likeness (QED) is 0.229. The Morgan fingerprint density at radius 2 is 1.14 bits per heavy atom. The minimum atomic E-state index is -0.209. The van der Waals surface area contributed by atoms with Crippen molar-refractivity contribution >= 4 is 12.2 Å². The third-order valence-electron chi connectivity index (χ3n) is 5.99. The van der Waals surface area contributed by atoms with Crippen molar-refractivity contribution < 1.29 is 5.11 Å². The number of benzene rings is 3. The lowest BCUT2D eigenvalue weighted by Crippen LogP contribution is -2.18. The summed E-state index contributed by atoms with van der Waals surface area (Å²) in [6.45, 7) is 12.6. The topological polar surface area (TPSA) is 70.4 Å². The molecule has 4 rings (SSSR count). The molecule has 0 aliphatic carbocycles. The van der Waals surface area contributed by atoms with Gasteiger partial charge in [0.15, 0.2) is 0 Å². The Labute approximate surface area is 214 Å². The van der Waals surface area contributed by atoms with E-state index in [1.54, 1.807) is 6.21 Å². The SMILES string of the molecule is CC(C)(C)c1cc(/C=N/Nc2nc(-c3ccccc3)cc(-c3ccccc3)n2)cc(C(C)(C)C)c1O. The van der Waals surface area contributed by atoms with Crippen molar-refractivity contribution in [2.75, 3.05) is 5.43 Å². The van der Waals surface area contributed by atoms with Crippen molar-refractivity contribution in [1.29, 1.82) is 0 Å². The van der Waals surface area contributed by atoms with E-state index in [4.69, 9.17) is 9.97 Å². The maximum Gasteiger partial charge on any atom is 0.244 e. The summed E-state index contributed by atoms with van der Waals surface area (Å²) in [4.78, 5) is 9.42. The van der Waals surface area contributed by atoms with Crippen LogP contribution in [0, 0.1) is 0 Å². The van der Waals surface area contributed by atoms with Crippen LogP contribution < -0.4 is 5.43 Å². The van der Waals surface area contributed by atoms with Gasteiger partial charge in [-0.2, -0.15) is 5.10 Å². The predicted octanol–water partition coefficient (Wildman–Crippen LogP) is 7.56. The van der Waals surface area contributed by atoms with Crippen LogP contribution in [0.15, 0.2) is 84.0 Å². The molecular formula is C31H34N4O. The standard InChI is InChI=1S/C31H34N4O/c1-30(2,3)24-17-21(18-25(28(24)36)31(4,5)6)20-32-35-29-33-26(22-13-9-7-10-14-22)19-27(34-29)23-15-11-8-12-16-23/h7-20,36H,1-6H3,(H,33,34,35)/b32-20+. The van der Waals surface area contributed by atoms with Crippen LogP contribution >= 0.6 is 0 Å². The van der Waals surface area contributed by atoms with Crippen LogP contribution in [0.4, 0.5) is 5.95 Å². The lowest BCUT2D eigenvalue weighted by Gasteiger charge is -2.27. The van der Waals surface area contributed by atoms with E-state index in [9.17, 15) is 5.11 Å². The number of rotatable bonds is 5. The molecule has 184 valence electrons. The Morgan fingerprint density at radius 3 is 1.56 bits per heavy atom. The third kappa shape index (κ3) is 5.80. The molecule has 0 fully saturated rings. The smallest absolute Gasteiger partial charge is 0.244 e. The Bertz CT molecular complexity index is 1270. The van der Waals surface area contributed by atoms with Crippen molar-refractivity contribution in [1.82, 2.24) is 9.97 Å². The second kappa shape index (κ2) is 9.94. The fraction of sp³-hybridized carbons (Fsp3) is 0.258. The average molecular weight is 479 g/mol. The lowest BCUT2D eigenvalue weighted by molar-refractivity contribution is 0.423. The van der Waals surface area contributed by atoms with Gasteiger partial charge in [-0.05, 0) is 34.6 Å². The molecule has 0 atom stereocenters. The highest BCUT2D eigenvalue weighted by atomic mass is 16.3. The molecule has 0 bridgehead atoms. The van der Waals surface area contributed by atoms with Gasteiger partial charge in [0.25, 0.3) is 0 Å². The van der Waals surface area contributed by atoms with E-state index in [-0.39, 0.29) is 10.8 Å². The van der Waals surface area contributed by atoms with Crippen molar-refractivity contribution in [3.05, 3.63) is 95.6 Å². The second-order valence-electron chi connectivity index (χ2n) is 11.0. The number of aromatic nitrogens is 2. The number of phenolic OH excluding ortho intramolecular Hbond substituents is 1. The number of nitrogens with one attached hydrogen (secondary N) is 1. The Hall–Kier alpha value is -3.99. The third-order valence-corrected chi connectivity index (χ3v) is 5.99. The van der Waals surface area contributed by atoms with Crippen LogP contribution in [0.3, 0.4) is 0 Å². The van der Waals surface area contributed by atoms with Crippen molar-refractivity contribution in [3.8, 4) is 28.3 Å². The van der Waals surface area contributed by atoms with E-state index in [0.29, 0.717) is 11.7 Å². The van der Waals surface area contributed by atoms with Crippen LogP contribution in [-0.2, 0) is 10.8 Å². The Balaban J connectivity index is 1.71. The van der Waals surface area contributed by atoms with Crippen molar-refractivity contribution in [2.45, 2.75) is 52.4 Å². The number of phenols is 1. The van der Waals surface area contributed by atoms with Gasteiger partial charge in [-0.25, -0.2) is 15.4 Å². The Kier molecular flexibility index (Phi) is 6.93. The maximum atomic E-state index is 11.0. The molecule has 3 aromatic carbocycles. The zero-order chi connectivity index (χ0) is 25.9. The summed E-state index contributed by atoms with van der Waals surface area (Å²) in [5, 5.41) is 15.5. The molecule has 0 aliphatic rings. The first-order chi connectivity index (χ1) is 17.0. The van der Waals surface area contributed by atoms with Gasteiger partial charge in [0, 0.05) is 22.3 Å². The molecule has 5 heteroatoms. The van der Waals surface area contributed by atoms with Crippen molar-refractivity contribution in [2.24, 2.45) is 5.10 Å². The molecule has 36 heavy (non-hydrogen) atoms. The average Bonchev–Trinajstić information content (AvgIpc) is 2.84. The van der Waals surface area contributed by atoms with Crippen LogP contribution in [0.25, 0.3) is 22.5 Å². The van der Waals surface area contributed by atoms with Crippen molar-refractivity contribution in [3.63, 3.8) is 0 Å². The summed E-state index contributed by atoms with van der Waals surface area (Å²) in [6.07, 6.45) is 1.75. The monoisotopic (exact) mass is 478 g/mol. The summed E-state index contributed by atoms with van der Waals surface area (Å²) in [5.41, 5.74) is 8.94. The highest BCUT2D eigenvalue weighted by molar-refractivity contribution is 5.82. The maximum absolute atomic E-state index is 11.0. The van der Waals surface area contributed by atoms with Crippen LogP contribution in [0.2, 0.25) is 0 Å². The van der Waals surface area contributed by atoms with E-state index in [1.807, 2.05) is 78.9 Å². The first-order valence-electron chi connectivity index (χ1n) is 12.2. The van der Waals surface area contributed by atoms with Gasteiger partial charge < -0.3 is 5.11 Å². The number of nitrogens with zero attached hydrogens (tertiary/aromatic N) is 3. The molecule has 0 saturated heterocycles. The number of anilines is 1. The largest absolute Gasteiger partial charge is 0.507 e. The van der Waals surface area contributed by atoms with E-state index in [2.05, 4.69) is 52.1 Å². The summed E-state index contributed by atoms with van der Waals surface area (Å²) in [5.74, 6) is 0.767. The first kappa shape index (κ1) is 25.1. The van der Waals surface area contributed by atoms with Gasteiger partial charge in [-0.15, -0.1) is 0 Å². The molecule has 2 N–H and O–H groups in total. The zero-order valence-corrected chi connectivity index (χ0v) is 21.9. The number of hydrazone groups is 1. The van der Waals surface area contributed by atoms with E-state index >= 15 is 0 Å². The normalized spacial score (nSPS) is 12.2. The highest BCUT2D eigenvalue weighted by Crippen LogP contribution is 2.39. The van der Waals surface area contributed by atoms with E-state index in [1.165, 1.54) is 0 Å². The molecule has 1 heterocycles. The fourth-order valence-corrected chi connectivity index (χ4v) is 4.05. The summed E-state index contributed by atoms with van der Waals surface area (Å²) >= 11 is 0. The molecule has 0 amide bonds. The lowest BCUT2D eigenvalue weighted by atomic mass is 9.78. The van der Waals surface area contributed by atoms with E-state index < -0.39 is 0 Å². The first-order valence-corrected chi connectivity index (χ1v) is 12.2. The van der Waals surface area contributed by atoms with Gasteiger partial charge in [0.05, 0.1) is 17.6 Å². The van der Waals surface area contributed by atoms with Crippen LogP contribution in [-0.4, -0.2) is 21.3 Å². The minimum Gasteiger partial charge on any atom is -0.507 e. The van der Waals surface area contributed by atoms with Gasteiger partial charge in [0.1, 0.15) is 5.75 Å². The number of hydrogen-bond donors (Lipinski definition) is 2. The predicted molar refractivity (Wildman–Crippen MR) is 150 cm³/mol. The number of aromatic hydroxyl groups is 1. The van der Waals surface area contributed by atoms with Crippen LogP contribution in [0.1, 0.15) is 58.2 Å². The molecular weight excluding hydrogens is 444 g/mol. The summed E-state index contributed by atoms with van der Waals surface area (Å²) < 4.78 is 0. The van der Waals surface area contributed by atoms with Crippen LogP contribution in [0.5, 0.6) is 5.75 Å². The van der Waals surface area contributed by atoms with Gasteiger partial charge >= 0.3 is 0 Å². The second-order valence-corrected chi connectivity index (χ2v) is 11.0. The van der Waals surface area contributed by atoms with Gasteiger partial charge in [-0.1, -0.05) is 102 Å². The minimum absolute atomic E-state index is 0.209. The summed E-state index contributed by atoms with van der Waals surface area (Å²) in [7, 11) is 0. The highest BCUT2D eigenvalue weighted by Gasteiger charge is 2.26. The summed E-state index contributed by atoms with van der Waals surface area (Å²) in [6, 6.07) is 26.1. The van der Waals surface area contributed by atoms with Gasteiger partial charge in [0.2, 0.25) is 5.95 Å². The molecule has 0 spiro atoms. The molecule has 0 unspecified atom stereocenters. The van der Waals surface area contributed by atoms with Gasteiger partial charge in [-0.3, -0.25) is 0 Å². The molecule has 0 aliphatic heterocycles. The molecule has 0 radical (unpaired) electrons. The molecule has 4 aromatic rings. The molecule has 5 nitrogen and oxygen atoms in total. The Morgan fingerprint density at radius 1 is 0.694 bits per heavy atom. The van der Waals surface area contributed by atoms with E-state index in [0.717, 1.165) is 39.2 Å². The zero-order valence-electron chi connectivity index (χ0n) is 21.9. The molecule has 0 saturated carbocycles. The fourth-order valence-electron chi connectivity index (χ4n) is 4.05. The molecule has 1 aromatic heterocycles.